The quantitative estimate of drug-likeness (QED) is 0.533. The molecular formula is C21H34N6OS. The third-order valence-electron chi connectivity index (χ3n) is 5.60. The van der Waals surface area contributed by atoms with Gasteiger partial charge in [0, 0.05) is 50.3 Å². The Hall–Kier alpha value is -1.90. The molecule has 0 spiro atoms. The first kappa shape index (κ1) is 21.8. The third-order valence-corrected chi connectivity index (χ3v) is 6.57. The Kier molecular flexibility index (Phi) is 7.69. The van der Waals surface area contributed by atoms with E-state index in [0.29, 0.717) is 6.04 Å². The lowest BCUT2D eigenvalue weighted by Gasteiger charge is -2.34. The van der Waals surface area contributed by atoms with Crippen LogP contribution in [0.2, 0.25) is 0 Å². The average molecular weight is 419 g/mol. The Labute approximate surface area is 178 Å². The SMILES string of the molecule is CN=C(NCC(c1cccs1)N1CCOCC1)NC(C)Cc1c(C)nn(C)c1C. The Morgan fingerprint density at radius 3 is 2.69 bits per heavy atom. The Bertz CT molecular complexity index is 794. The standard InChI is InChI=1S/C21H34N6OS/c1-15(13-18-16(2)25-26(5)17(18)3)24-21(22-4)23-14-19(20-7-6-12-29-20)27-8-10-28-11-9-27/h6-7,12,15,19H,8-11,13-14H2,1-5H3,(H2,22,23,24). The van der Waals surface area contributed by atoms with E-state index in [4.69, 9.17) is 4.74 Å². The molecule has 0 radical (unpaired) electrons. The molecule has 0 bridgehead atoms. The predicted octanol–water partition coefficient (Wildman–Crippen LogP) is 2.27. The molecule has 2 aromatic rings. The zero-order valence-corrected chi connectivity index (χ0v) is 19.1. The molecule has 0 saturated carbocycles. The number of nitrogens with zero attached hydrogens (tertiary/aromatic N) is 4. The first-order valence-corrected chi connectivity index (χ1v) is 11.2. The van der Waals surface area contributed by atoms with Crippen molar-refractivity contribution in [3.05, 3.63) is 39.3 Å². The van der Waals surface area contributed by atoms with Gasteiger partial charge in [0.1, 0.15) is 0 Å². The van der Waals surface area contributed by atoms with Crippen LogP contribution in [0.1, 0.15) is 34.8 Å². The maximum absolute atomic E-state index is 5.54. The van der Waals surface area contributed by atoms with Crippen LogP contribution in [0.5, 0.6) is 0 Å². The summed E-state index contributed by atoms with van der Waals surface area (Å²) in [6.07, 6.45) is 0.921. The molecule has 160 valence electrons. The molecule has 0 aromatic carbocycles. The van der Waals surface area contributed by atoms with Gasteiger partial charge in [-0.05, 0) is 44.2 Å². The first-order chi connectivity index (χ1) is 14.0. The number of nitrogens with one attached hydrogen (secondary N) is 2. The molecule has 1 saturated heterocycles. The molecule has 3 rings (SSSR count). The van der Waals surface area contributed by atoms with Gasteiger partial charge in [0.05, 0.1) is 24.9 Å². The lowest BCUT2D eigenvalue weighted by molar-refractivity contribution is 0.0177. The summed E-state index contributed by atoms with van der Waals surface area (Å²) < 4.78 is 7.50. The Morgan fingerprint density at radius 1 is 1.34 bits per heavy atom. The third kappa shape index (κ3) is 5.58. The molecule has 29 heavy (non-hydrogen) atoms. The van der Waals surface area contributed by atoms with Crippen LogP contribution in [0.25, 0.3) is 0 Å². The highest BCUT2D eigenvalue weighted by atomic mass is 32.1. The summed E-state index contributed by atoms with van der Waals surface area (Å²) in [4.78, 5) is 8.33. The Balaban J connectivity index is 1.59. The number of aryl methyl sites for hydroxylation is 2. The molecule has 2 N–H and O–H groups in total. The van der Waals surface area contributed by atoms with Gasteiger partial charge in [-0.25, -0.2) is 0 Å². The van der Waals surface area contributed by atoms with Crippen LogP contribution in [0.15, 0.2) is 22.5 Å². The number of hydrogen-bond acceptors (Lipinski definition) is 5. The number of thiophene rings is 1. The molecule has 0 amide bonds. The van der Waals surface area contributed by atoms with Crippen LogP contribution < -0.4 is 10.6 Å². The summed E-state index contributed by atoms with van der Waals surface area (Å²) >= 11 is 1.81. The van der Waals surface area contributed by atoms with Gasteiger partial charge >= 0.3 is 0 Å². The summed E-state index contributed by atoms with van der Waals surface area (Å²) in [6.45, 7) is 10.7. The molecule has 1 aliphatic heterocycles. The van der Waals surface area contributed by atoms with Crippen molar-refractivity contribution in [3.8, 4) is 0 Å². The van der Waals surface area contributed by atoms with Gasteiger partial charge in [-0.2, -0.15) is 5.10 Å². The topological polar surface area (TPSA) is 66.7 Å². The minimum atomic E-state index is 0.256. The van der Waals surface area contributed by atoms with E-state index in [1.54, 1.807) is 0 Å². The largest absolute Gasteiger partial charge is 0.379 e. The summed E-state index contributed by atoms with van der Waals surface area (Å²) in [5.74, 6) is 0.839. The summed E-state index contributed by atoms with van der Waals surface area (Å²) in [5.41, 5.74) is 3.64. The number of morpholine rings is 1. The van der Waals surface area contributed by atoms with Crippen molar-refractivity contribution < 1.29 is 4.74 Å². The van der Waals surface area contributed by atoms with Crippen LogP contribution in [-0.4, -0.2) is 66.6 Å². The van der Waals surface area contributed by atoms with Crippen LogP contribution >= 0.6 is 11.3 Å². The van der Waals surface area contributed by atoms with Gasteiger partial charge < -0.3 is 15.4 Å². The van der Waals surface area contributed by atoms with E-state index in [0.717, 1.165) is 50.9 Å². The number of hydrogen-bond donors (Lipinski definition) is 2. The van der Waals surface area contributed by atoms with Crippen LogP contribution in [0, 0.1) is 13.8 Å². The Morgan fingerprint density at radius 2 is 2.10 bits per heavy atom. The summed E-state index contributed by atoms with van der Waals surface area (Å²) in [6, 6.07) is 4.93. The van der Waals surface area contributed by atoms with Crippen molar-refractivity contribution in [2.24, 2.45) is 12.0 Å². The minimum absolute atomic E-state index is 0.256. The molecule has 0 aliphatic carbocycles. The smallest absolute Gasteiger partial charge is 0.191 e. The molecule has 3 heterocycles. The maximum atomic E-state index is 5.54. The lowest BCUT2D eigenvalue weighted by Crippen LogP contribution is -2.48. The van der Waals surface area contributed by atoms with Crippen molar-refractivity contribution in [1.82, 2.24) is 25.3 Å². The highest BCUT2D eigenvalue weighted by molar-refractivity contribution is 7.10. The fourth-order valence-electron chi connectivity index (χ4n) is 3.87. The fourth-order valence-corrected chi connectivity index (χ4v) is 4.73. The second-order valence-electron chi connectivity index (χ2n) is 7.66. The number of guanidine groups is 1. The first-order valence-electron chi connectivity index (χ1n) is 10.3. The number of aliphatic imine (C=N–C) groups is 1. The molecule has 7 nitrogen and oxygen atoms in total. The highest BCUT2D eigenvalue weighted by Gasteiger charge is 2.24. The van der Waals surface area contributed by atoms with Crippen LogP contribution in [0.4, 0.5) is 0 Å². The van der Waals surface area contributed by atoms with Crippen molar-refractivity contribution >= 4 is 17.3 Å². The molecule has 1 fully saturated rings. The van der Waals surface area contributed by atoms with Gasteiger partial charge in [-0.3, -0.25) is 14.6 Å². The molecule has 2 unspecified atom stereocenters. The summed E-state index contributed by atoms with van der Waals surface area (Å²) in [7, 11) is 3.83. The van der Waals surface area contributed by atoms with Crippen LogP contribution in [-0.2, 0) is 18.2 Å². The second-order valence-corrected chi connectivity index (χ2v) is 8.63. The number of ether oxygens (including phenoxy) is 1. The van der Waals surface area contributed by atoms with Gasteiger partial charge in [-0.1, -0.05) is 6.07 Å². The zero-order valence-electron chi connectivity index (χ0n) is 18.2. The average Bonchev–Trinajstić information content (AvgIpc) is 3.33. The molecule has 1 aliphatic rings. The van der Waals surface area contributed by atoms with E-state index in [1.807, 2.05) is 30.1 Å². The highest BCUT2D eigenvalue weighted by Crippen LogP contribution is 2.25. The van der Waals surface area contributed by atoms with E-state index < -0.39 is 0 Å². The minimum Gasteiger partial charge on any atom is -0.379 e. The van der Waals surface area contributed by atoms with E-state index in [-0.39, 0.29) is 6.04 Å². The van der Waals surface area contributed by atoms with E-state index in [9.17, 15) is 0 Å². The van der Waals surface area contributed by atoms with Crippen molar-refractivity contribution in [2.45, 2.75) is 39.3 Å². The number of rotatable bonds is 7. The molecule has 2 atom stereocenters. The fraction of sp³-hybridized carbons (Fsp3) is 0.619. The van der Waals surface area contributed by atoms with Gasteiger partial charge in [-0.15, -0.1) is 11.3 Å². The molecule has 8 heteroatoms. The lowest BCUT2D eigenvalue weighted by atomic mass is 10.1. The zero-order chi connectivity index (χ0) is 20.8. The number of aromatic nitrogens is 2. The van der Waals surface area contributed by atoms with Crippen molar-refractivity contribution in [1.29, 1.82) is 0 Å². The van der Waals surface area contributed by atoms with E-state index in [1.165, 1.54) is 16.1 Å². The molecule has 2 aromatic heterocycles. The molecular weight excluding hydrogens is 384 g/mol. The van der Waals surface area contributed by atoms with Gasteiger partial charge in [0.25, 0.3) is 0 Å². The summed E-state index contributed by atoms with van der Waals surface area (Å²) in [5, 5.41) is 13.8. The van der Waals surface area contributed by atoms with E-state index in [2.05, 4.69) is 63.9 Å². The van der Waals surface area contributed by atoms with E-state index >= 15 is 0 Å². The normalized spacial score (nSPS) is 17.9. The monoisotopic (exact) mass is 418 g/mol. The predicted molar refractivity (Wildman–Crippen MR) is 120 cm³/mol. The van der Waals surface area contributed by atoms with Crippen molar-refractivity contribution in [2.75, 3.05) is 39.9 Å². The maximum Gasteiger partial charge on any atom is 0.191 e. The van der Waals surface area contributed by atoms with Gasteiger partial charge in [0.15, 0.2) is 5.96 Å². The van der Waals surface area contributed by atoms with Crippen LogP contribution in [0.3, 0.4) is 0 Å². The second kappa shape index (κ2) is 10.2. The van der Waals surface area contributed by atoms with Crippen molar-refractivity contribution in [3.63, 3.8) is 0 Å². The van der Waals surface area contributed by atoms with Gasteiger partial charge in [0.2, 0.25) is 0 Å².